The van der Waals surface area contributed by atoms with Crippen LogP contribution in [-0.2, 0) is 6.42 Å². The first-order valence-electron chi connectivity index (χ1n) is 10.6. The zero-order valence-electron chi connectivity index (χ0n) is 17.5. The molecule has 5 aromatic rings. The van der Waals surface area contributed by atoms with Gasteiger partial charge in [0.25, 0.3) is 0 Å². The van der Waals surface area contributed by atoms with E-state index in [1.54, 1.807) is 10.9 Å². The van der Waals surface area contributed by atoms with Crippen LogP contribution >= 0.6 is 0 Å². The fourth-order valence-electron chi connectivity index (χ4n) is 4.49. The van der Waals surface area contributed by atoms with Gasteiger partial charge in [-0.15, -0.1) is 5.10 Å². The third-order valence-corrected chi connectivity index (χ3v) is 6.12. The number of hydrogen-bond acceptors (Lipinski definition) is 4. The number of hydrogen-bond donors (Lipinski definition) is 2. The van der Waals surface area contributed by atoms with Crippen molar-refractivity contribution in [1.82, 2.24) is 30.5 Å². The van der Waals surface area contributed by atoms with E-state index in [4.69, 9.17) is 0 Å². The number of fused-ring (bicyclic) bond motifs is 2. The summed E-state index contributed by atoms with van der Waals surface area (Å²) in [5, 5.41) is 20.0. The molecule has 1 aliphatic rings. The number of rotatable bonds is 4. The molecule has 32 heavy (non-hydrogen) atoms. The van der Waals surface area contributed by atoms with Crippen LogP contribution in [0.25, 0.3) is 33.3 Å². The minimum Gasteiger partial charge on any atom is -0.379 e. The maximum absolute atomic E-state index is 15.0. The molecule has 158 valence electrons. The molecule has 3 heterocycles. The number of halogens is 1. The Kier molecular flexibility index (Phi) is 4.11. The molecule has 2 N–H and O–H groups in total. The Hall–Kier alpha value is -4.00. The Morgan fingerprint density at radius 3 is 2.84 bits per heavy atom. The Morgan fingerprint density at radius 1 is 1.09 bits per heavy atom. The van der Waals surface area contributed by atoms with Crippen molar-refractivity contribution in [2.75, 3.05) is 0 Å². The van der Waals surface area contributed by atoms with E-state index in [2.05, 4.69) is 63.1 Å². The quantitative estimate of drug-likeness (QED) is 0.436. The average Bonchev–Trinajstić information content (AvgIpc) is 3.52. The predicted molar refractivity (Wildman–Crippen MR) is 123 cm³/mol. The lowest BCUT2D eigenvalue weighted by Gasteiger charge is -2.27. The first-order chi connectivity index (χ1) is 15.6. The molecule has 1 aliphatic heterocycles. The molecule has 0 saturated heterocycles. The van der Waals surface area contributed by atoms with Gasteiger partial charge in [-0.2, -0.15) is 5.10 Å². The van der Waals surface area contributed by atoms with Gasteiger partial charge in [-0.1, -0.05) is 41.6 Å². The third kappa shape index (κ3) is 3.13. The smallest absolute Gasteiger partial charge is 0.153 e. The molecule has 0 saturated carbocycles. The molecule has 0 spiro atoms. The van der Waals surface area contributed by atoms with Crippen molar-refractivity contribution < 1.29 is 4.39 Å². The summed E-state index contributed by atoms with van der Waals surface area (Å²) in [4.78, 5) is 0. The largest absolute Gasteiger partial charge is 0.379 e. The second kappa shape index (κ2) is 7.02. The molecule has 2 aromatic heterocycles. The molecular formula is C25H21FN6. The van der Waals surface area contributed by atoms with Crippen LogP contribution in [0.15, 0.2) is 72.9 Å². The van der Waals surface area contributed by atoms with E-state index in [1.807, 2.05) is 30.3 Å². The van der Waals surface area contributed by atoms with Crippen LogP contribution < -0.4 is 5.32 Å². The molecule has 3 aromatic carbocycles. The molecular weight excluding hydrogens is 403 g/mol. The second-order valence-electron chi connectivity index (χ2n) is 8.64. The van der Waals surface area contributed by atoms with E-state index in [-0.39, 0.29) is 16.9 Å². The topological polar surface area (TPSA) is 71.4 Å². The summed E-state index contributed by atoms with van der Waals surface area (Å²) < 4.78 is 16.7. The molecule has 7 heteroatoms. The maximum Gasteiger partial charge on any atom is 0.153 e. The fourth-order valence-corrected chi connectivity index (χ4v) is 4.49. The Balaban J connectivity index is 1.36. The van der Waals surface area contributed by atoms with Crippen molar-refractivity contribution in [3.63, 3.8) is 0 Å². The molecule has 6 nitrogen and oxygen atoms in total. The van der Waals surface area contributed by atoms with Gasteiger partial charge in [-0.25, -0.2) is 9.07 Å². The Bertz CT molecular complexity index is 1480. The summed E-state index contributed by atoms with van der Waals surface area (Å²) >= 11 is 0. The average molecular weight is 424 g/mol. The van der Waals surface area contributed by atoms with Gasteiger partial charge in [-0.3, -0.25) is 5.10 Å². The summed E-state index contributed by atoms with van der Waals surface area (Å²) in [6, 6.07) is 19.7. The lowest BCUT2D eigenvalue weighted by atomic mass is 9.91. The van der Waals surface area contributed by atoms with Gasteiger partial charge >= 0.3 is 0 Å². The van der Waals surface area contributed by atoms with E-state index >= 15 is 0 Å². The highest BCUT2D eigenvalue weighted by Gasteiger charge is 2.30. The summed E-state index contributed by atoms with van der Waals surface area (Å²) in [5.41, 5.74) is 5.44. The molecule has 0 aliphatic carbocycles. The van der Waals surface area contributed by atoms with Crippen LogP contribution in [0.3, 0.4) is 0 Å². The van der Waals surface area contributed by atoms with Crippen LogP contribution in [0.4, 0.5) is 4.39 Å². The van der Waals surface area contributed by atoms with Crippen molar-refractivity contribution >= 4 is 27.6 Å². The van der Waals surface area contributed by atoms with Gasteiger partial charge in [-0.05, 0) is 55.7 Å². The minimum atomic E-state index is -0.384. The molecule has 0 bridgehead atoms. The number of nitrogens with one attached hydrogen (secondary N) is 2. The van der Waals surface area contributed by atoms with E-state index < -0.39 is 0 Å². The van der Waals surface area contributed by atoms with Gasteiger partial charge in [0.05, 0.1) is 22.9 Å². The lowest BCUT2D eigenvalue weighted by molar-refractivity contribution is 0.432. The van der Waals surface area contributed by atoms with E-state index in [0.717, 1.165) is 40.7 Å². The molecule has 0 radical (unpaired) electrons. The van der Waals surface area contributed by atoms with Crippen LogP contribution in [0, 0.1) is 5.82 Å². The molecule has 0 fully saturated rings. The van der Waals surface area contributed by atoms with Gasteiger partial charge in [0.15, 0.2) is 5.82 Å². The van der Waals surface area contributed by atoms with Crippen molar-refractivity contribution in [2.24, 2.45) is 0 Å². The molecule has 6 rings (SSSR count). The SMILES string of the molecule is CC1(Cc2ccccc2)CC=C(c2cc(F)c3nnn(-c4ccc5cn[nH]c5c4)c3c2)N1. The number of benzene rings is 3. The molecule has 1 atom stereocenters. The van der Waals surface area contributed by atoms with E-state index in [1.165, 1.54) is 11.6 Å². The zero-order valence-corrected chi connectivity index (χ0v) is 17.5. The van der Waals surface area contributed by atoms with Crippen molar-refractivity contribution in [2.45, 2.75) is 25.3 Å². The van der Waals surface area contributed by atoms with Crippen LogP contribution in [-0.4, -0.2) is 30.7 Å². The number of aromatic nitrogens is 5. The zero-order chi connectivity index (χ0) is 21.7. The first kappa shape index (κ1) is 18.7. The summed E-state index contributed by atoms with van der Waals surface area (Å²) in [5.74, 6) is -0.384. The highest BCUT2D eigenvalue weighted by molar-refractivity contribution is 5.84. The predicted octanol–water partition coefficient (Wildman–Crippen LogP) is 4.77. The van der Waals surface area contributed by atoms with Gasteiger partial charge in [0.2, 0.25) is 0 Å². The number of aromatic amines is 1. The van der Waals surface area contributed by atoms with Crippen LogP contribution in [0.5, 0.6) is 0 Å². The molecule has 0 amide bonds. The van der Waals surface area contributed by atoms with Gasteiger partial charge in [0, 0.05) is 22.2 Å². The number of H-pyrrole nitrogens is 1. The van der Waals surface area contributed by atoms with E-state index in [9.17, 15) is 4.39 Å². The van der Waals surface area contributed by atoms with Crippen molar-refractivity contribution in [3.8, 4) is 5.69 Å². The van der Waals surface area contributed by atoms with Crippen LogP contribution in [0.1, 0.15) is 24.5 Å². The normalized spacial score (nSPS) is 18.2. The van der Waals surface area contributed by atoms with Crippen molar-refractivity contribution in [1.29, 1.82) is 0 Å². The van der Waals surface area contributed by atoms with Gasteiger partial charge < -0.3 is 5.32 Å². The lowest BCUT2D eigenvalue weighted by Crippen LogP contribution is -2.38. The first-order valence-corrected chi connectivity index (χ1v) is 10.6. The Labute approximate surface area is 183 Å². The standard InChI is InChI=1S/C25H21FN6/c1-25(14-16-5-3-2-4-6-16)10-9-21(28-25)18-11-20(26)24-23(12-18)32(31-30-24)19-8-7-17-15-27-29-22(17)13-19/h2-9,11-13,15,28H,10,14H2,1H3,(H,27,29). The monoisotopic (exact) mass is 424 g/mol. The summed E-state index contributed by atoms with van der Waals surface area (Å²) in [7, 11) is 0. The van der Waals surface area contributed by atoms with Crippen molar-refractivity contribution in [3.05, 3.63) is 89.9 Å². The number of nitrogens with zero attached hydrogens (tertiary/aromatic N) is 4. The summed E-state index contributed by atoms with van der Waals surface area (Å²) in [6.07, 6.45) is 5.67. The van der Waals surface area contributed by atoms with Gasteiger partial charge in [0.1, 0.15) is 5.52 Å². The highest BCUT2D eigenvalue weighted by Crippen LogP contribution is 2.32. The highest BCUT2D eigenvalue weighted by atomic mass is 19.1. The second-order valence-corrected chi connectivity index (χ2v) is 8.64. The molecule has 1 unspecified atom stereocenters. The fraction of sp³-hybridized carbons (Fsp3) is 0.160. The van der Waals surface area contributed by atoms with Crippen LogP contribution in [0.2, 0.25) is 0 Å². The maximum atomic E-state index is 15.0. The minimum absolute atomic E-state index is 0.119. The third-order valence-electron chi connectivity index (χ3n) is 6.12. The summed E-state index contributed by atoms with van der Waals surface area (Å²) in [6.45, 7) is 2.20. The van der Waals surface area contributed by atoms with E-state index in [0.29, 0.717) is 5.52 Å². The Morgan fingerprint density at radius 2 is 1.97 bits per heavy atom.